The predicted molar refractivity (Wildman–Crippen MR) is 75.1 cm³/mol. The van der Waals surface area contributed by atoms with Crippen LogP contribution in [-0.4, -0.2) is 55.4 Å². The van der Waals surface area contributed by atoms with E-state index in [1.165, 1.54) is 11.2 Å². The van der Waals surface area contributed by atoms with E-state index in [0.29, 0.717) is 12.3 Å². The molecule has 1 saturated heterocycles. The molecule has 1 aliphatic rings. The van der Waals surface area contributed by atoms with E-state index in [1.807, 2.05) is 6.92 Å². The molecule has 1 fully saturated rings. The monoisotopic (exact) mass is 294 g/mol. The fourth-order valence-electron chi connectivity index (χ4n) is 2.11. The van der Waals surface area contributed by atoms with E-state index < -0.39 is 15.2 Å². The number of hydrogen-bond donors (Lipinski definition) is 1. The lowest BCUT2D eigenvalue weighted by Gasteiger charge is -2.36. The molecule has 0 aromatic heterocycles. The standard InChI is InChI=1S/C11H22N2O3S2/c1-3-4-9(7-12)11(14)13-5-6-17-8-10(13)18(2,15)16/h9-10H,3-8,12H2,1-2H3. The molecule has 18 heavy (non-hydrogen) atoms. The van der Waals surface area contributed by atoms with Crippen LogP contribution in [0, 0.1) is 5.92 Å². The molecule has 1 amide bonds. The number of nitrogens with two attached hydrogens (primary N) is 1. The molecule has 0 spiro atoms. The molecule has 1 aliphatic heterocycles. The average Bonchev–Trinajstić information content (AvgIpc) is 2.34. The van der Waals surface area contributed by atoms with Crippen molar-refractivity contribution in [2.45, 2.75) is 25.1 Å². The van der Waals surface area contributed by atoms with Crippen molar-refractivity contribution in [3.8, 4) is 0 Å². The summed E-state index contributed by atoms with van der Waals surface area (Å²) in [7, 11) is -3.23. The summed E-state index contributed by atoms with van der Waals surface area (Å²) >= 11 is 1.58. The van der Waals surface area contributed by atoms with E-state index in [2.05, 4.69) is 0 Å². The van der Waals surface area contributed by atoms with Crippen molar-refractivity contribution in [1.29, 1.82) is 0 Å². The Labute approximate surface area is 113 Å². The van der Waals surface area contributed by atoms with Gasteiger partial charge >= 0.3 is 0 Å². The summed E-state index contributed by atoms with van der Waals surface area (Å²) in [6.07, 6.45) is 2.79. The van der Waals surface area contributed by atoms with Crippen LogP contribution in [0.5, 0.6) is 0 Å². The van der Waals surface area contributed by atoms with Gasteiger partial charge < -0.3 is 10.6 Å². The van der Waals surface area contributed by atoms with Crippen LogP contribution in [0.4, 0.5) is 0 Å². The van der Waals surface area contributed by atoms with Gasteiger partial charge in [-0.15, -0.1) is 0 Å². The Hall–Kier alpha value is -0.270. The Morgan fingerprint density at radius 1 is 1.56 bits per heavy atom. The lowest BCUT2D eigenvalue weighted by Crippen LogP contribution is -2.52. The van der Waals surface area contributed by atoms with Crippen molar-refractivity contribution in [3.63, 3.8) is 0 Å². The molecule has 0 bridgehead atoms. The van der Waals surface area contributed by atoms with E-state index in [1.54, 1.807) is 11.8 Å². The zero-order valence-electron chi connectivity index (χ0n) is 11.0. The minimum absolute atomic E-state index is 0.102. The lowest BCUT2D eigenvalue weighted by atomic mass is 10.0. The Morgan fingerprint density at radius 3 is 2.72 bits per heavy atom. The molecule has 7 heteroatoms. The van der Waals surface area contributed by atoms with Crippen LogP contribution in [0.2, 0.25) is 0 Å². The number of thioether (sulfide) groups is 1. The van der Waals surface area contributed by atoms with Crippen molar-refractivity contribution in [3.05, 3.63) is 0 Å². The molecular formula is C11H22N2O3S2. The maximum absolute atomic E-state index is 12.3. The van der Waals surface area contributed by atoms with Crippen LogP contribution in [-0.2, 0) is 14.6 Å². The zero-order valence-corrected chi connectivity index (χ0v) is 12.6. The second-order valence-corrected chi connectivity index (χ2v) is 7.97. The highest BCUT2D eigenvalue weighted by Crippen LogP contribution is 2.23. The van der Waals surface area contributed by atoms with Crippen LogP contribution in [0.1, 0.15) is 19.8 Å². The van der Waals surface area contributed by atoms with Gasteiger partial charge in [0.15, 0.2) is 9.84 Å². The summed E-state index contributed by atoms with van der Waals surface area (Å²) < 4.78 is 23.5. The van der Waals surface area contributed by atoms with Gasteiger partial charge in [-0.25, -0.2) is 8.42 Å². The molecular weight excluding hydrogens is 272 g/mol. The quantitative estimate of drug-likeness (QED) is 0.789. The van der Waals surface area contributed by atoms with Crippen LogP contribution < -0.4 is 5.73 Å². The van der Waals surface area contributed by atoms with Gasteiger partial charge in [-0.05, 0) is 6.42 Å². The summed E-state index contributed by atoms with van der Waals surface area (Å²) in [6.45, 7) is 2.78. The molecule has 2 unspecified atom stereocenters. The average molecular weight is 294 g/mol. The van der Waals surface area contributed by atoms with Crippen LogP contribution >= 0.6 is 11.8 Å². The Bertz CT molecular complexity index is 384. The van der Waals surface area contributed by atoms with E-state index in [-0.39, 0.29) is 18.4 Å². The van der Waals surface area contributed by atoms with Crippen LogP contribution in [0.3, 0.4) is 0 Å². The minimum atomic E-state index is -3.23. The molecule has 0 aromatic rings. The van der Waals surface area contributed by atoms with Crippen LogP contribution in [0.15, 0.2) is 0 Å². The first-order valence-electron chi connectivity index (χ1n) is 6.19. The second kappa shape index (κ2) is 6.77. The number of amides is 1. The number of carbonyl (C=O) groups excluding carboxylic acids is 1. The summed E-state index contributed by atoms with van der Waals surface area (Å²) in [5.41, 5.74) is 5.62. The molecule has 106 valence electrons. The molecule has 1 heterocycles. The first kappa shape index (κ1) is 15.8. The smallest absolute Gasteiger partial charge is 0.228 e. The van der Waals surface area contributed by atoms with Gasteiger partial charge in [0.25, 0.3) is 0 Å². The fourth-order valence-corrected chi connectivity index (χ4v) is 4.94. The maximum Gasteiger partial charge on any atom is 0.228 e. The fraction of sp³-hybridized carbons (Fsp3) is 0.909. The second-order valence-electron chi connectivity index (χ2n) is 4.61. The van der Waals surface area contributed by atoms with Gasteiger partial charge in [-0.2, -0.15) is 11.8 Å². The minimum Gasteiger partial charge on any atom is -0.330 e. The third-order valence-corrected chi connectivity index (χ3v) is 5.78. The van der Waals surface area contributed by atoms with Crippen molar-refractivity contribution in [2.75, 3.05) is 30.9 Å². The number of carbonyl (C=O) groups is 1. The van der Waals surface area contributed by atoms with Gasteiger partial charge in [0.2, 0.25) is 5.91 Å². The third kappa shape index (κ3) is 3.86. The molecule has 0 aromatic carbocycles. The molecule has 0 saturated carbocycles. The Morgan fingerprint density at radius 2 is 2.22 bits per heavy atom. The Balaban J connectivity index is 2.86. The molecule has 5 nitrogen and oxygen atoms in total. The SMILES string of the molecule is CCCC(CN)C(=O)N1CCSCC1S(C)(=O)=O. The largest absolute Gasteiger partial charge is 0.330 e. The van der Waals surface area contributed by atoms with Gasteiger partial charge in [0.1, 0.15) is 5.37 Å². The van der Waals surface area contributed by atoms with Crippen molar-refractivity contribution < 1.29 is 13.2 Å². The highest BCUT2D eigenvalue weighted by atomic mass is 32.2. The van der Waals surface area contributed by atoms with Crippen molar-refractivity contribution >= 4 is 27.5 Å². The normalized spacial score (nSPS) is 22.8. The zero-order chi connectivity index (χ0) is 13.8. The van der Waals surface area contributed by atoms with Crippen LogP contribution in [0.25, 0.3) is 0 Å². The molecule has 0 aliphatic carbocycles. The number of nitrogens with zero attached hydrogens (tertiary/aromatic N) is 1. The molecule has 2 N–H and O–H groups in total. The predicted octanol–water partition coefficient (Wildman–Crippen LogP) is 0.308. The van der Waals surface area contributed by atoms with Crippen molar-refractivity contribution in [1.82, 2.24) is 4.90 Å². The number of hydrogen-bond acceptors (Lipinski definition) is 5. The summed E-state index contributed by atoms with van der Waals surface area (Å²) in [6, 6.07) is 0. The topological polar surface area (TPSA) is 80.5 Å². The number of rotatable bonds is 5. The first-order chi connectivity index (χ1) is 8.41. The maximum atomic E-state index is 12.3. The summed E-state index contributed by atoms with van der Waals surface area (Å²) in [5, 5.41) is -0.686. The van der Waals surface area contributed by atoms with Gasteiger partial charge in [-0.3, -0.25) is 4.79 Å². The molecule has 1 rings (SSSR count). The highest BCUT2D eigenvalue weighted by Gasteiger charge is 2.36. The first-order valence-corrected chi connectivity index (χ1v) is 9.29. The van der Waals surface area contributed by atoms with Gasteiger partial charge in [-0.1, -0.05) is 13.3 Å². The van der Waals surface area contributed by atoms with Gasteiger partial charge in [0.05, 0.1) is 5.92 Å². The van der Waals surface area contributed by atoms with Gasteiger partial charge in [0, 0.05) is 30.9 Å². The summed E-state index contributed by atoms with van der Waals surface area (Å²) in [5.74, 6) is 0.909. The highest BCUT2D eigenvalue weighted by molar-refractivity contribution is 8.00. The summed E-state index contributed by atoms with van der Waals surface area (Å²) in [4.78, 5) is 13.9. The third-order valence-electron chi connectivity index (χ3n) is 3.13. The molecule has 2 atom stereocenters. The van der Waals surface area contributed by atoms with Crippen molar-refractivity contribution in [2.24, 2.45) is 11.7 Å². The van der Waals surface area contributed by atoms with E-state index >= 15 is 0 Å². The van der Waals surface area contributed by atoms with E-state index in [0.717, 1.165) is 18.6 Å². The lowest BCUT2D eigenvalue weighted by molar-refractivity contribution is -0.135. The van der Waals surface area contributed by atoms with E-state index in [9.17, 15) is 13.2 Å². The Kier molecular flexibility index (Phi) is 5.94. The van der Waals surface area contributed by atoms with E-state index in [4.69, 9.17) is 5.73 Å². The number of sulfone groups is 1. The molecule has 0 radical (unpaired) electrons.